The Morgan fingerprint density at radius 3 is 2.48 bits per heavy atom. The van der Waals surface area contributed by atoms with E-state index in [1.54, 1.807) is 13.0 Å². The molecule has 10 nitrogen and oxygen atoms in total. The third-order valence-electron chi connectivity index (χ3n) is 6.40. The fourth-order valence-electron chi connectivity index (χ4n) is 4.00. The van der Waals surface area contributed by atoms with Gasteiger partial charge in [-0.1, -0.05) is 17.7 Å². The molecule has 2 aromatic heterocycles. The number of alkyl halides is 3. The number of carboxylic acids is 1. The number of carbonyl (C=O) groups is 3. The van der Waals surface area contributed by atoms with Gasteiger partial charge < -0.3 is 20.5 Å². The van der Waals surface area contributed by atoms with Crippen molar-refractivity contribution in [2.75, 3.05) is 6.54 Å². The van der Waals surface area contributed by atoms with Crippen LogP contribution in [0.2, 0.25) is 0 Å². The molecule has 2 heterocycles. The third kappa shape index (κ3) is 6.35. The number of fused-ring (bicyclic) bond motifs is 1. The number of carbonyl (C=O) groups excluding carboxylic acids is 2. The van der Waals surface area contributed by atoms with Gasteiger partial charge in [0.2, 0.25) is 0 Å². The van der Waals surface area contributed by atoms with Crippen molar-refractivity contribution in [2.24, 2.45) is 5.41 Å². The number of allylic oxidation sites excluding steroid dienone is 1. The average Bonchev–Trinajstić information content (AvgIpc) is 3.27. The molecule has 3 N–H and O–H groups in total. The van der Waals surface area contributed by atoms with Gasteiger partial charge >= 0.3 is 12.3 Å². The van der Waals surface area contributed by atoms with Gasteiger partial charge in [-0.3, -0.25) is 14.4 Å². The van der Waals surface area contributed by atoms with E-state index in [4.69, 9.17) is 0 Å². The van der Waals surface area contributed by atoms with Gasteiger partial charge in [0.15, 0.2) is 23.0 Å². The average molecular weight is 567 g/mol. The first-order valence-corrected chi connectivity index (χ1v) is 11.8. The molecule has 3 aromatic rings. The standard InChI is InChI=1S/C25H22F5N5O5/c1-24(23(38)39)6-4-13(5-7-24)10-32-22(37)18-9-17(34-20-16(27)12-33-35(18)20)21(36)31-11-14-2-3-15(26)19(8-14)40-25(28,29)30/h2-4,8-9,12H,5-7,10-11H2,1H3,(H,31,36)(H,32,37)(H,38,39). The first-order valence-electron chi connectivity index (χ1n) is 11.8. The van der Waals surface area contributed by atoms with Crippen LogP contribution in [-0.4, -0.2) is 50.4 Å². The number of benzene rings is 1. The van der Waals surface area contributed by atoms with E-state index in [0.717, 1.165) is 40.6 Å². The van der Waals surface area contributed by atoms with E-state index in [9.17, 15) is 41.4 Å². The zero-order valence-electron chi connectivity index (χ0n) is 20.8. The van der Waals surface area contributed by atoms with Crippen molar-refractivity contribution < 1.29 is 46.2 Å². The minimum absolute atomic E-state index is 0.0586. The number of amides is 2. The summed E-state index contributed by atoms with van der Waals surface area (Å²) in [4.78, 5) is 41.0. The SMILES string of the molecule is CC1(C(=O)O)CC=C(CNC(=O)c2cc(C(=O)NCc3ccc(F)c(OC(F)(F)F)c3)nc3c(F)cnn23)CC1. The van der Waals surface area contributed by atoms with Crippen molar-refractivity contribution in [3.05, 3.63) is 70.7 Å². The summed E-state index contributed by atoms with van der Waals surface area (Å²) in [5, 5.41) is 18.1. The lowest BCUT2D eigenvalue weighted by molar-refractivity contribution is -0.275. The van der Waals surface area contributed by atoms with Gasteiger partial charge in [-0.25, -0.2) is 18.3 Å². The highest BCUT2D eigenvalue weighted by Gasteiger charge is 2.34. The number of hydrogen-bond acceptors (Lipinski definition) is 6. The van der Waals surface area contributed by atoms with E-state index in [0.29, 0.717) is 19.3 Å². The molecule has 212 valence electrons. The number of rotatable bonds is 8. The van der Waals surface area contributed by atoms with Crippen LogP contribution in [0, 0.1) is 17.0 Å². The predicted molar refractivity (Wildman–Crippen MR) is 127 cm³/mol. The fourth-order valence-corrected chi connectivity index (χ4v) is 4.00. The first kappa shape index (κ1) is 28.4. The molecule has 0 radical (unpaired) electrons. The van der Waals surface area contributed by atoms with Crippen LogP contribution in [0.5, 0.6) is 5.75 Å². The van der Waals surface area contributed by atoms with Gasteiger partial charge in [0, 0.05) is 19.2 Å². The summed E-state index contributed by atoms with van der Waals surface area (Å²) in [6.45, 7) is 1.35. The molecule has 0 spiro atoms. The first-order chi connectivity index (χ1) is 18.8. The number of aromatic nitrogens is 3. The predicted octanol–water partition coefficient (Wildman–Crippen LogP) is 3.77. The van der Waals surface area contributed by atoms with Crippen molar-refractivity contribution in [1.82, 2.24) is 25.2 Å². The van der Waals surface area contributed by atoms with Crippen LogP contribution in [0.15, 0.2) is 42.1 Å². The van der Waals surface area contributed by atoms with Gasteiger partial charge in [-0.2, -0.15) is 5.10 Å². The largest absolute Gasteiger partial charge is 0.573 e. The quantitative estimate of drug-likeness (QED) is 0.279. The monoisotopic (exact) mass is 567 g/mol. The molecule has 0 fully saturated rings. The molecule has 0 saturated heterocycles. The van der Waals surface area contributed by atoms with Crippen molar-refractivity contribution in [3.63, 3.8) is 0 Å². The van der Waals surface area contributed by atoms with Crippen LogP contribution in [0.3, 0.4) is 0 Å². The molecule has 2 amide bonds. The highest BCUT2D eigenvalue weighted by molar-refractivity contribution is 5.98. The van der Waals surface area contributed by atoms with Crippen molar-refractivity contribution in [1.29, 1.82) is 0 Å². The van der Waals surface area contributed by atoms with Crippen LogP contribution in [-0.2, 0) is 11.3 Å². The number of ether oxygens (including phenoxy) is 1. The number of nitrogens with zero attached hydrogens (tertiary/aromatic N) is 3. The molecule has 0 aliphatic heterocycles. The molecule has 0 saturated carbocycles. The molecular formula is C25H22F5N5O5. The molecule has 1 aromatic carbocycles. The second kappa shape index (κ2) is 10.9. The smallest absolute Gasteiger partial charge is 0.481 e. The third-order valence-corrected chi connectivity index (χ3v) is 6.40. The molecule has 0 bridgehead atoms. The lowest BCUT2D eigenvalue weighted by Crippen LogP contribution is -2.33. The molecule has 1 aliphatic rings. The highest BCUT2D eigenvalue weighted by atomic mass is 19.4. The van der Waals surface area contributed by atoms with Crippen molar-refractivity contribution in [3.8, 4) is 5.75 Å². The van der Waals surface area contributed by atoms with Crippen LogP contribution in [0.4, 0.5) is 22.0 Å². The maximum Gasteiger partial charge on any atom is 0.573 e. The summed E-state index contributed by atoms with van der Waals surface area (Å²) in [6.07, 6.45) is -1.46. The Hall–Kier alpha value is -4.56. The summed E-state index contributed by atoms with van der Waals surface area (Å²) >= 11 is 0. The Bertz CT molecular complexity index is 1520. The van der Waals surface area contributed by atoms with Gasteiger partial charge in [0.25, 0.3) is 11.8 Å². The Kier molecular flexibility index (Phi) is 7.75. The number of aliphatic carboxylic acids is 1. The van der Waals surface area contributed by atoms with Crippen LogP contribution in [0.25, 0.3) is 5.65 Å². The van der Waals surface area contributed by atoms with E-state index in [-0.39, 0.29) is 30.0 Å². The van der Waals surface area contributed by atoms with Crippen LogP contribution in [0.1, 0.15) is 52.7 Å². The maximum atomic E-state index is 14.3. The minimum atomic E-state index is -5.12. The molecule has 1 atom stereocenters. The van der Waals surface area contributed by atoms with E-state index >= 15 is 0 Å². The number of nitrogens with one attached hydrogen (secondary N) is 2. The lowest BCUT2D eigenvalue weighted by atomic mass is 9.76. The zero-order chi connectivity index (χ0) is 29.2. The van der Waals surface area contributed by atoms with Crippen molar-refractivity contribution >= 4 is 23.4 Å². The molecule has 15 heteroatoms. The highest BCUT2D eigenvalue weighted by Crippen LogP contribution is 2.35. The number of carboxylic acid groups (broad SMARTS) is 1. The van der Waals surface area contributed by atoms with Gasteiger partial charge in [0.1, 0.15) is 11.4 Å². The van der Waals surface area contributed by atoms with Gasteiger partial charge in [-0.15, -0.1) is 13.2 Å². The second-order valence-corrected chi connectivity index (χ2v) is 9.36. The fraction of sp³-hybridized carbons (Fsp3) is 0.320. The number of hydrogen-bond donors (Lipinski definition) is 3. The van der Waals surface area contributed by atoms with E-state index in [1.807, 2.05) is 0 Å². The molecule has 1 unspecified atom stereocenters. The molecule has 1 aliphatic carbocycles. The topological polar surface area (TPSA) is 135 Å². The Labute approximate surface area is 222 Å². The molecule has 40 heavy (non-hydrogen) atoms. The van der Waals surface area contributed by atoms with Crippen LogP contribution >= 0.6 is 0 Å². The zero-order valence-corrected chi connectivity index (χ0v) is 20.8. The maximum absolute atomic E-state index is 14.3. The van der Waals surface area contributed by atoms with Gasteiger partial charge in [0.05, 0.1) is 11.6 Å². The molecular weight excluding hydrogens is 545 g/mol. The van der Waals surface area contributed by atoms with E-state index in [1.165, 1.54) is 0 Å². The van der Waals surface area contributed by atoms with Gasteiger partial charge in [-0.05, 0) is 43.9 Å². The lowest BCUT2D eigenvalue weighted by Gasteiger charge is -2.28. The molecule has 4 rings (SSSR count). The summed E-state index contributed by atoms with van der Waals surface area (Å²) in [5.74, 6) is -5.79. The minimum Gasteiger partial charge on any atom is -0.481 e. The summed E-state index contributed by atoms with van der Waals surface area (Å²) in [5.41, 5.74) is -1.07. The summed E-state index contributed by atoms with van der Waals surface area (Å²) < 4.78 is 69.9. The van der Waals surface area contributed by atoms with Crippen LogP contribution < -0.4 is 15.4 Å². The Morgan fingerprint density at radius 2 is 1.82 bits per heavy atom. The summed E-state index contributed by atoms with van der Waals surface area (Å²) in [6, 6.07) is 3.68. The second-order valence-electron chi connectivity index (χ2n) is 9.36. The summed E-state index contributed by atoms with van der Waals surface area (Å²) in [7, 11) is 0. The Balaban J connectivity index is 1.49. The normalized spacial score (nSPS) is 17.3. The Morgan fingerprint density at radius 1 is 1.10 bits per heavy atom. The van der Waals surface area contributed by atoms with E-state index < -0.39 is 52.6 Å². The number of halogens is 5. The van der Waals surface area contributed by atoms with Crippen molar-refractivity contribution in [2.45, 2.75) is 39.1 Å². The van der Waals surface area contributed by atoms with E-state index in [2.05, 4.69) is 25.5 Å².